The number of hydrogen-bond donors (Lipinski definition) is 2. The molecule has 0 bridgehead atoms. The quantitative estimate of drug-likeness (QED) is 0.806. The zero-order valence-corrected chi connectivity index (χ0v) is 10.7. The van der Waals surface area contributed by atoms with Gasteiger partial charge in [-0.2, -0.15) is 0 Å². The van der Waals surface area contributed by atoms with Crippen LogP contribution in [-0.4, -0.2) is 37.0 Å². The van der Waals surface area contributed by atoms with E-state index in [1.807, 2.05) is 50.1 Å². The Morgan fingerprint density at radius 1 is 1.53 bits per heavy atom. The zero-order chi connectivity index (χ0) is 12.8. The fourth-order valence-electron chi connectivity index (χ4n) is 1.72. The molecule has 0 spiro atoms. The Bertz CT molecular complexity index is 377. The summed E-state index contributed by atoms with van der Waals surface area (Å²) in [5.74, 6) is -0.0150. The van der Waals surface area contributed by atoms with Crippen molar-refractivity contribution in [3.63, 3.8) is 0 Å². The molecule has 0 aliphatic rings. The summed E-state index contributed by atoms with van der Waals surface area (Å²) < 4.78 is 0. The first-order valence-corrected chi connectivity index (χ1v) is 5.78. The Morgan fingerprint density at radius 2 is 2.24 bits per heavy atom. The van der Waals surface area contributed by atoms with E-state index in [0.717, 1.165) is 11.3 Å². The van der Waals surface area contributed by atoms with Gasteiger partial charge in [0.1, 0.15) is 0 Å². The number of anilines is 1. The van der Waals surface area contributed by atoms with E-state index in [9.17, 15) is 4.79 Å². The van der Waals surface area contributed by atoms with Gasteiger partial charge in [0.25, 0.3) is 0 Å². The third kappa shape index (κ3) is 5.47. The molecule has 4 nitrogen and oxygen atoms in total. The number of likely N-dealkylation sites (N-methyl/N-ethyl adjacent to an activating group) is 1. The van der Waals surface area contributed by atoms with Crippen LogP contribution in [0.25, 0.3) is 0 Å². The number of aryl methyl sites for hydroxylation is 1. The minimum absolute atomic E-state index is 0.0150. The molecule has 0 aromatic heterocycles. The van der Waals surface area contributed by atoms with Crippen LogP contribution in [0.4, 0.5) is 5.69 Å². The fourth-order valence-corrected chi connectivity index (χ4v) is 1.72. The second-order valence-electron chi connectivity index (χ2n) is 4.59. The van der Waals surface area contributed by atoms with Crippen LogP contribution in [0, 0.1) is 6.92 Å². The Kier molecular flexibility index (Phi) is 5.12. The maximum atomic E-state index is 11.7. The highest BCUT2D eigenvalue weighted by Crippen LogP contribution is 2.09. The van der Waals surface area contributed by atoms with Gasteiger partial charge in [0, 0.05) is 18.3 Å². The topological polar surface area (TPSA) is 58.4 Å². The van der Waals surface area contributed by atoms with Crippen LogP contribution in [0.2, 0.25) is 0 Å². The standard InChI is InChI=1S/C13H21N3O/c1-10-5-4-6-12(7-10)15-13(17)9-16(3)8-11(2)14/h4-7,11H,8-9,14H2,1-3H3,(H,15,17). The first kappa shape index (κ1) is 13.7. The molecule has 0 radical (unpaired) electrons. The molecule has 0 aliphatic carbocycles. The second kappa shape index (κ2) is 6.37. The van der Waals surface area contributed by atoms with Gasteiger partial charge in [-0.05, 0) is 38.6 Å². The highest BCUT2D eigenvalue weighted by atomic mass is 16.2. The predicted molar refractivity (Wildman–Crippen MR) is 71.0 cm³/mol. The van der Waals surface area contributed by atoms with E-state index in [-0.39, 0.29) is 11.9 Å². The van der Waals surface area contributed by atoms with Gasteiger partial charge in [0.15, 0.2) is 0 Å². The monoisotopic (exact) mass is 235 g/mol. The van der Waals surface area contributed by atoms with E-state index in [4.69, 9.17) is 5.73 Å². The van der Waals surface area contributed by atoms with Gasteiger partial charge in [0.05, 0.1) is 6.54 Å². The van der Waals surface area contributed by atoms with E-state index in [1.54, 1.807) is 0 Å². The van der Waals surface area contributed by atoms with Gasteiger partial charge >= 0.3 is 0 Å². The molecule has 0 saturated carbocycles. The lowest BCUT2D eigenvalue weighted by atomic mass is 10.2. The van der Waals surface area contributed by atoms with Gasteiger partial charge in [-0.3, -0.25) is 9.69 Å². The van der Waals surface area contributed by atoms with Crippen molar-refractivity contribution in [2.24, 2.45) is 5.73 Å². The average molecular weight is 235 g/mol. The first-order chi connectivity index (χ1) is 7.97. The summed E-state index contributed by atoms with van der Waals surface area (Å²) >= 11 is 0. The fraction of sp³-hybridized carbons (Fsp3) is 0.462. The molecule has 1 rings (SSSR count). The molecule has 0 aliphatic heterocycles. The molecule has 3 N–H and O–H groups in total. The van der Waals surface area contributed by atoms with Crippen LogP contribution < -0.4 is 11.1 Å². The van der Waals surface area contributed by atoms with Gasteiger partial charge in [0.2, 0.25) is 5.91 Å². The molecule has 1 unspecified atom stereocenters. The molecule has 0 saturated heterocycles. The number of nitrogens with two attached hydrogens (primary N) is 1. The van der Waals surface area contributed by atoms with E-state index in [1.165, 1.54) is 0 Å². The van der Waals surface area contributed by atoms with Gasteiger partial charge in [-0.1, -0.05) is 12.1 Å². The molecule has 1 atom stereocenters. The van der Waals surface area contributed by atoms with Crippen molar-refractivity contribution in [3.05, 3.63) is 29.8 Å². The Labute approximate surface area is 103 Å². The van der Waals surface area contributed by atoms with E-state index >= 15 is 0 Å². The predicted octanol–water partition coefficient (Wildman–Crippen LogP) is 1.21. The van der Waals surface area contributed by atoms with Crippen LogP contribution >= 0.6 is 0 Å². The van der Waals surface area contributed by atoms with Crippen molar-refractivity contribution >= 4 is 11.6 Å². The Hall–Kier alpha value is -1.39. The maximum absolute atomic E-state index is 11.7. The third-order valence-corrected chi connectivity index (χ3v) is 2.32. The number of carbonyl (C=O) groups excluding carboxylic acids is 1. The molecule has 0 heterocycles. The summed E-state index contributed by atoms with van der Waals surface area (Å²) in [7, 11) is 1.89. The minimum Gasteiger partial charge on any atom is -0.327 e. The molecule has 1 amide bonds. The summed E-state index contributed by atoms with van der Waals surface area (Å²) in [6.45, 7) is 4.99. The summed E-state index contributed by atoms with van der Waals surface area (Å²) in [5, 5.41) is 2.87. The number of benzene rings is 1. The van der Waals surface area contributed by atoms with Gasteiger partial charge in [-0.25, -0.2) is 0 Å². The molecule has 4 heteroatoms. The van der Waals surface area contributed by atoms with E-state index in [0.29, 0.717) is 13.1 Å². The average Bonchev–Trinajstić information content (AvgIpc) is 2.14. The highest BCUT2D eigenvalue weighted by Gasteiger charge is 2.08. The lowest BCUT2D eigenvalue weighted by molar-refractivity contribution is -0.117. The van der Waals surface area contributed by atoms with Gasteiger partial charge < -0.3 is 11.1 Å². The molecular weight excluding hydrogens is 214 g/mol. The maximum Gasteiger partial charge on any atom is 0.238 e. The Balaban J connectivity index is 2.44. The van der Waals surface area contributed by atoms with Crippen molar-refractivity contribution in [1.29, 1.82) is 0 Å². The molecule has 1 aromatic carbocycles. The van der Waals surface area contributed by atoms with Crippen molar-refractivity contribution in [1.82, 2.24) is 4.90 Å². The molecule has 94 valence electrons. The number of hydrogen-bond acceptors (Lipinski definition) is 3. The smallest absolute Gasteiger partial charge is 0.238 e. The molecule has 17 heavy (non-hydrogen) atoms. The summed E-state index contributed by atoms with van der Waals surface area (Å²) in [6.07, 6.45) is 0. The summed E-state index contributed by atoms with van der Waals surface area (Å²) in [6, 6.07) is 7.83. The van der Waals surface area contributed by atoms with Gasteiger partial charge in [-0.15, -0.1) is 0 Å². The minimum atomic E-state index is -0.0150. The molecular formula is C13H21N3O. The number of rotatable bonds is 5. The zero-order valence-electron chi connectivity index (χ0n) is 10.7. The van der Waals surface area contributed by atoms with Crippen LogP contribution in [-0.2, 0) is 4.79 Å². The highest BCUT2D eigenvalue weighted by molar-refractivity contribution is 5.92. The van der Waals surface area contributed by atoms with Crippen molar-refractivity contribution in [3.8, 4) is 0 Å². The number of nitrogens with one attached hydrogen (secondary N) is 1. The number of amides is 1. The van der Waals surface area contributed by atoms with E-state index in [2.05, 4.69) is 5.32 Å². The van der Waals surface area contributed by atoms with Crippen molar-refractivity contribution in [2.45, 2.75) is 19.9 Å². The summed E-state index contributed by atoms with van der Waals surface area (Å²) in [5.41, 5.74) is 7.64. The second-order valence-corrected chi connectivity index (χ2v) is 4.59. The van der Waals surface area contributed by atoms with E-state index < -0.39 is 0 Å². The van der Waals surface area contributed by atoms with Crippen molar-refractivity contribution < 1.29 is 4.79 Å². The third-order valence-electron chi connectivity index (χ3n) is 2.32. The first-order valence-electron chi connectivity index (χ1n) is 5.78. The van der Waals surface area contributed by atoms with Crippen LogP contribution in [0.3, 0.4) is 0 Å². The van der Waals surface area contributed by atoms with Crippen molar-refractivity contribution in [2.75, 3.05) is 25.5 Å². The molecule has 0 fully saturated rings. The SMILES string of the molecule is Cc1cccc(NC(=O)CN(C)CC(C)N)c1. The van der Waals surface area contributed by atoms with Crippen LogP contribution in [0.5, 0.6) is 0 Å². The Morgan fingerprint density at radius 3 is 2.82 bits per heavy atom. The normalized spacial score (nSPS) is 12.5. The number of nitrogens with zero attached hydrogens (tertiary/aromatic N) is 1. The number of carbonyl (C=O) groups is 1. The lowest BCUT2D eigenvalue weighted by Crippen LogP contribution is -2.37. The van der Waals surface area contributed by atoms with Crippen LogP contribution in [0.1, 0.15) is 12.5 Å². The summed E-state index contributed by atoms with van der Waals surface area (Å²) in [4.78, 5) is 13.6. The molecule has 1 aromatic rings. The van der Waals surface area contributed by atoms with Crippen LogP contribution in [0.15, 0.2) is 24.3 Å². The lowest BCUT2D eigenvalue weighted by Gasteiger charge is -2.18. The largest absolute Gasteiger partial charge is 0.327 e.